The molecule has 98 valence electrons. The minimum absolute atomic E-state index is 0.0634. The van der Waals surface area contributed by atoms with Crippen molar-refractivity contribution in [3.63, 3.8) is 0 Å². The summed E-state index contributed by atoms with van der Waals surface area (Å²) >= 11 is 0. The molecule has 0 aromatic rings. The van der Waals surface area contributed by atoms with Gasteiger partial charge in [-0.1, -0.05) is 0 Å². The monoisotopic (exact) mass is 268 g/mol. The van der Waals surface area contributed by atoms with Gasteiger partial charge in [-0.25, -0.2) is 0 Å². The summed E-state index contributed by atoms with van der Waals surface area (Å²) in [6.45, 7) is 0.486. The Morgan fingerprint density at radius 2 is 1.78 bits per heavy atom. The zero-order valence-corrected chi connectivity index (χ0v) is 11.2. The van der Waals surface area contributed by atoms with Crippen molar-refractivity contribution in [2.45, 2.75) is 25.7 Å². The van der Waals surface area contributed by atoms with Crippen molar-refractivity contribution in [3.8, 4) is 0 Å². The summed E-state index contributed by atoms with van der Waals surface area (Å²) in [7, 11) is 2.23. The van der Waals surface area contributed by atoms with Gasteiger partial charge in [0.05, 0.1) is 0 Å². The first-order valence-corrected chi connectivity index (χ1v) is 6.73. The van der Waals surface area contributed by atoms with Crippen molar-refractivity contribution < 1.29 is 14.4 Å². The van der Waals surface area contributed by atoms with E-state index in [0.29, 0.717) is 12.5 Å². The number of carbonyl (C=O) groups is 3. The van der Waals surface area contributed by atoms with Gasteiger partial charge in [-0.05, 0) is 41.0 Å². The van der Waals surface area contributed by atoms with Crippen LogP contribution in [0.3, 0.4) is 0 Å². The molecule has 1 unspecified atom stereocenters. The first-order chi connectivity index (χ1) is 8.61. The van der Waals surface area contributed by atoms with Gasteiger partial charge in [-0.2, -0.15) is 0 Å². The summed E-state index contributed by atoms with van der Waals surface area (Å²) in [6.07, 6.45) is 6.06. The van der Waals surface area contributed by atoms with Crippen LogP contribution in [0.5, 0.6) is 0 Å². The van der Waals surface area contributed by atoms with E-state index in [1.165, 1.54) is 17.1 Å². The number of nitrogens with zero attached hydrogens (tertiary/aromatic N) is 1. The molecule has 2 rings (SSSR count). The molecule has 0 spiro atoms. The molecule has 0 saturated heterocycles. The zero-order chi connectivity index (χ0) is 13.1. The highest BCUT2D eigenvalue weighted by Crippen LogP contribution is 2.30. The molecule has 6 heteroatoms. The van der Waals surface area contributed by atoms with E-state index in [4.69, 9.17) is 0 Å². The van der Waals surface area contributed by atoms with E-state index in [0.717, 1.165) is 25.7 Å². The number of hydrogen-bond acceptors (Lipinski definition) is 3. The molecule has 0 aromatic carbocycles. The molecule has 1 aliphatic carbocycles. The quantitative estimate of drug-likeness (QED) is 0.603. The van der Waals surface area contributed by atoms with E-state index in [1.54, 1.807) is 0 Å². The lowest BCUT2D eigenvalue weighted by atomic mass is 9.81. The highest BCUT2D eigenvalue weighted by Gasteiger charge is 2.30. The topological polar surface area (TPSA) is 66.5 Å². The predicted octanol–water partition coefficient (Wildman–Crippen LogP) is 0.624. The van der Waals surface area contributed by atoms with Crippen LogP contribution in [0.15, 0.2) is 12.2 Å². The Morgan fingerprint density at radius 1 is 1.22 bits per heavy atom. The standard InChI is InChI=1S/C12H17N2O3P/c15-10-5-6-11(16)14(10)7-8-1-3-9(4-2-8)12(17)13-18/h5-6,8-9H,1-4,7,18H2,(H,13,17). The van der Waals surface area contributed by atoms with E-state index in [2.05, 4.69) is 14.5 Å². The molecule has 5 nitrogen and oxygen atoms in total. The molecule has 1 fully saturated rings. The maximum atomic E-state index is 11.5. The second-order valence-corrected chi connectivity index (χ2v) is 5.14. The Hall–Kier alpha value is -1.22. The number of amides is 3. The Kier molecular flexibility index (Phi) is 4.12. The third-order valence-electron chi connectivity index (χ3n) is 3.70. The summed E-state index contributed by atoms with van der Waals surface area (Å²) in [5.41, 5.74) is 0. The van der Waals surface area contributed by atoms with Crippen LogP contribution in [0.1, 0.15) is 25.7 Å². The third kappa shape index (κ3) is 2.78. The molecule has 18 heavy (non-hydrogen) atoms. The van der Waals surface area contributed by atoms with Crippen molar-refractivity contribution >= 4 is 27.1 Å². The molecule has 3 amide bonds. The molecule has 1 heterocycles. The average molecular weight is 268 g/mol. The van der Waals surface area contributed by atoms with Crippen LogP contribution in [0.25, 0.3) is 0 Å². The SMILES string of the molecule is O=C(NP)C1CCC(CN2C(=O)C=CC2=O)CC1. The maximum Gasteiger partial charge on any atom is 0.253 e. The van der Waals surface area contributed by atoms with Crippen LogP contribution in [0.2, 0.25) is 0 Å². The smallest absolute Gasteiger partial charge is 0.253 e. The first-order valence-electron chi connectivity index (χ1n) is 6.16. The van der Waals surface area contributed by atoms with Crippen molar-refractivity contribution in [1.29, 1.82) is 0 Å². The molecule has 1 atom stereocenters. The number of nitrogens with one attached hydrogen (secondary N) is 1. The second-order valence-electron chi connectivity index (χ2n) is 4.85. The first kappa shape index (κ1) is 13.2. The van der Waals surface area contributed by atoms with Gasteiger partial charge in [0.1, 0.15) is 0 Å². The highest BCUT2D eigenvalue weighted by molar-refractivity contribution is 7.15. The number of imide groups is 1. The lowest BCUT2D eigenvalue weighted by Crippen LogP contribution is -2.37. The fraction of sp³-hybridized carbons (Fsp3) is 0.583. The lowest BCUT2D eigenvalue weighted by molar-refractivity contribution is -0.138. The van der Waals surface area contributed by atoms with Gasteiger partial charge in [-0.3, -0.25) is 19.3 Å². The third-order valence-corrected chi connectivity index (χ3v) is 3.99. The fourth-order valence-corrected chi connectivity index (χ4v) is 2.83. The molecule has 1 aliphatic heterocycles. The molecule has 0 aromatic heterocycles. The molecule has 1 saturated carbocycles. The van der Waals surface area contributed by atoms with Crippen LogP contribution in [0.4, 0.5) is 0 Å². The molecule has 2 aliphatic rings. The largest absolute Gasteiger partial charge is 0.340 e. The average Bonchev–Trinajstić information content (AvgIpc) is 2.70. The van der Waals surface area contributed by atoms with Crippen LogP contribution in [-0.2, 0) is 14.4 Å². The van der Waals surface area contributed by atoms with E-state index >= 15 is 0 Å². The lowest BCUT2D eigenvalue weighted by Gasteiger charge is -2.29. The highest BCUT2D eigenvalue weighted by atomic mass is 31.0. The van der Waals surface area contributed by atoms with Crippen LogP contribution < -0.4 is 5.09 Å². The van der Waals surface area contributed by atoms with Gasteiger partial charge in [0, 0.05) is 24.6 Å². The Balaban J connectivity index is 1.82. The summed E-state index contributed by atoms with van der Waals surface area (Å²) in [4.78, 5) is 35.6. The van der Waals surface area contributed by atoms with Crippen LogP contribution >= 0.6 is 9.39 Å². The van der Waals surface area contributed by atoms with E-state index in [1.807, 2.05) is 0 Å². The van der Waals surface area contributed by atoms with E-state index in [9.17, 15) is 14.4 Å². The van der Waals surface area contributed by atoms with Crippen molar-refractivity contribution in [2.24, 2.45) is 11.8 Å². The van der Waals surface area contributed by atoms with Gasteiger partial charge in [0.2, 0.25) is 5.91 Å². The fourth-order valence-electron chi connectivity index (χ4n) is 2.59. The molecular formula is C12H17N2O3P. The Labute approximate surface area is 108 Å². The van der Waals surface area contributed by atoms with Gasteiger partial charge in [-0.15, -0.1) is 0 Å². The molecular weight excluding hydrogens is 251 g/mol. The minimum atomic E-state index is -0.218. The van der Waals surface area contributed by atoms with Gasteiger partial charge in [0.15, 0.2) is 0 Å². The summed E-state index contributed by atoms with van der Waals surface area (Å²) in [6, 6.07) is 0. The summed E-state index contributed by atoms with van der Waals surface area (Å²) in [5, 5.41) is 2.59. The molecule has 0 bridgehead atoms. The minimum Gasteiger partial charge on any atom is -0.340 e. The van der Waals surface area contributed by atoms with Gasteiger partial charge >= 0.3 is 0 Å². The van der Waals surface area contributed by atoms with Crippen LogP contribution in [0, 0.1) is 11.8 Å². The van der Waals surface area contributed by atoms with Crippen molar-refractivity contribution in [2.75, 3.05) is 6.54 Å². The Morgan fingerprint density at radius 3 is 2.28 bits per heavy atom. The van der Waals surface area contributed by atoms with Gasteiger partial charge in [0.25, 0.3) is 11.8 Å². The van der Waals surface area contributed by atoms with Crippen molar-refractivity contribution in [3.05, 3.63) is 12.2 Å². The van der Waals surface area contributed by atoms with E-state index in [-0.39, 0.29) is 23.6 Å². The number of carbonyl (C=O) groups excluding carboxylic acids is 3. The maximum absolute atomic E-state index is 11.5. The summed E-state index contributed by atoms with van der Waals surface area (Å²) < 4.78 is 0. The second kappa shape index (κ2) is 5.61. The Bertz CT molecular complexity index is 382. The van der Waals surface area contributed by atoms with E-state index < -0.39 is 0 Å². The molecule has 1 N–H and O–H groups in total. The van der Waals surface area contributed by atoms with Crippen LogP contribution in [-0.4, -0.2) is 29.2 Å². The van der Waals surface area contributed by atoms with Crippen molar-refractivity contribution in [1.82, 2.24) is 9.99 Å². The molecule has 0 radical (unpaired) electrons. The normalized spacial score (nSPS) is 27.7. The number of hydrogen-bond donors (Lipinski definition) is 1. The number of rotatable bonds is 3. The zero-order valence-electron chi connectivity index (χ0n) is 10.1. The van der Waals surface area contributed by atoms with Gasteiger partial charge < -0.3 is 5.09 Å². The predicted molar refractivity (Wildman–Crippen MR) is 69.2 cm³/mol. The summed E-state index contributed by atoms with van der Waals surface area (Å²) in [5.74, 6) is 0.0244.